The summed E-state index contributed by atoms with van der Waals surface area (Å²) in [5.74, 6) is -2.02. The number of hydrogen-bond acceptors (Lipinski definition) is 7. The number of aliphatic carboxylic acids is 1. The molecule has 4 atom stereocenters. The fourth-order valence-electron chi connectivity index (χ4n) is 5.00. The molecule has 212 valence electrons. The molecule has 3 N–H and O–H groups in total. The molecule has 0 aromatic heterocycles. The summed E-state index contributed by atoms with van der Waals surface area (Å²) in [4.78, 5) is 51.3. The average Bonchev–Trinajstić information content (AvgIpc) is 3.12. The number of carbonyl (C=O) groups excluding carboxylic acids is 3. The van der Waals surface area contributed by atoms with Crippen LogP contribution in [0.5, 0.6) is 0 Å². The van der Waals surface area contributed by atoms with Gasteiger partial charge >= 0.3 is 18.2 Å². The fourth-order valence-corrected chi connectivity index (χ4v) is 6.48. The molecule has 0 aliphatic carbocycles. The molecule has 2 aliphatic rings. The highest BCUT2D eigenvalue weighted by molar-refractivity contribution is 6.48. The molecule has 0 radical (unpaired) electrons. The summed E-state index contributed by atoms with van der Waals surface area (Å²) in [6, 6.07) is -1.10. The lowest BCUT2D eigenvalue weighted by Gasteiger charge is -2.57. The summed E-state index contributed by atoms with van der Waals surface area (Å²) in [6.45, 7) is 19.0. The molecule has 1 saturated heterocycles. The molecule has 12 heteroatoms. The third kappa shape index (κ3) is 6.84. The van der Waals surface area contributed by atoms with Crippen LogP contribution in [0, 0.1) is 11.3 Å². The van der Waals surface area contributed by atoms with Crippen molar-refractivity contribution in [1.29, 1.82) is 0 Å². The molecule has 1 fully saturated rings. The molecule has 0 spiro atoms. The van der Waals surface area contributed by atoms with Gasteiger partial charge in [0.05, 0.1) is 23.6 Å². The van der Waals surface area contributed by atoms with E-state index >= 15 is 0 Å². The number of alkyl carbamates (subject to hydrolysis) is 2. The van der Waals surface area contributed by atoms with Gasteiger partial charge in [-0.15, -0.1) is 0 Å². The van der Waals surface area contributed by atoms with E-state index < -0.39 is 44.8 Å². The Morgan fingerprint density at radius 3 is 2.21 bits per heavy atom. The molecular formula is C26H41N3O8Si. The van der Waals surface area contributed by atoms with Gasteiger partial charge in [0.15, 0.2) is 9.04 Å². The smallest absolute Gasteiger partial charge is 0.407 e. The van der Waals surface area contributed by atoms with Gasteiger partial charge in [-0.1, -0.05) is 46.1 Å². The Kier molecular flexibility index (Phi) is 10.3. The van der Waals surface area contributed by atoms with E-state index in [1.807, 2.05) is 40.8 Å². The Morgan fingerprint density at radius 1 is 1.13 bits per heavy atom. The molecule has 1 unspecified atom stereocenters. The minimum Gasteiger partial charge on any atom is -0.477 e. The van der Waals surface area contributed by atoms with Crippen molar-refractivity contribution >= 4 is 33.1 Å². The second-order valence-electron chi connectivity index (χ2n) is 10.9. The van der Waals surface area contributed by atoms with Crippen LogP contribution in [0.1, 0.15) is 40.5 Å². The zero-order valence-electron chi connectivity index (χ0n) is 23.2. The molecule has 0 bridgehead atoms. The highest BCUT2D eigenvalue weighted by Crippen LogP contribution is 2.53. The zero-order valence-corrected chi connectivity index (χ0v) is 24.3. The van der Waals surface area contributed by atoms with Crippen molar-refractivity contribution in [3.8, 4) is 0 Å². The van der Waals surface area contributed by atoms with Gasteiger partial charge in [0.2, 0.25) is 5.91 Å². The van der Waals surface area contributed by atoms with Gasteiger partial charge in [0.25, 0.3) is 0 Å². The normalized spacial score (nSPS) is 21.1. The second kappa shape index (κ2) is 12.6. The third-order valence-electron chi connectivity index (χ3n) is 6.99. The van der Waals surface area contributed by atoms with Gasteiger partial charge in [-0.3, -0.25) is 4.79 Å². The molecule has 0 aromatic rings. The van der Waals surface area contributed by atoms with E-state index in [1.165, 1.54) is 17.1 Å². The van der Waals surface area contributed by atoms with Crippen molar-refractivity contribution in [2.45, 2.75) is 71.3 Å². The lowest BCUT2D eigenvalue weighted by atomic mass is 9.63. The minimum absolute atomic E-state index is 0.00755. The topological polar surface area (TPSA) is 144 Å². The van der Waals surface area contributed by atoms with Crippen LogP contribution < -0.4 is 10.6 Å². The van der Waals surface area contributed by atoms with E-state index in [0.29, 0.717) is 12.0 Å². The predicted octanol–water partition coefficient (Wildman–Crippen LogP) is 2.94. The van der Waals surface area contributed by atoms with E-state index in [0.717, 1.165) is 0 Å². The Labute approximate surface area is 226 Å². The first kappa shape index (κ1) is 31.1. The molecule has 0 aromatic carbocycles. The van der Waals surface area contributed by atoms with Crippen LogP contribution in [-0.2, 0) is 23.5 Å². The number of carboxylic acid groups (broad SMARTS) is 1. The van der Waals surface area contributed by atoms with Crippen molar-refractivity contribution in [1.82, 2.24) is 15.5 Å². The van der Waals surface area contributed by atoms with Crippen molar-refractivity contribution in [2.24, 2.45) is 11.3 Å². The summed E-state index contributed by atoms with van der Waals surface area (Å²) < 4.78 is 16.4. The van der Waals surface area contributed by atoms with E-state index in [2.05, 4.69) is 23.8 Å². The number of fused-ring (bicyclic) bond motifs is 1. The summed E-state index contributed by atoms with van der Waals surface area (Å²) in [5.41, 5.74) is -0.758. The number of β-lactam (4-membered cyclic amide) rings is 1. The molecule has 2 rings (SSSR count). The van der Waals surface area contributed by atoms with Gasteiger partial charge in [-0.25, -0.2) is 14.4 Å². The van der Waals surface area contributed by atoms with Crippen LogP contribution in [0.2, 0.25) is 13.1 Å². The number of nitrogens with one attached hydrogen (secondary N) is 2. The van der Waals surface area contributed by atoms with Crippen molar-refractivity contribution < 1.29 is 38.2 Å². The van der Waals surface area contributed by atoms with Crippen LogP contribution in [0.25, 0.3) is 0 Å². The maximum absolute atomic E-state index is 13.5. The SMILES string of the molecule is C=CCOC(=O)NCC(CC1=C(C(=O)O)N2C(=O)[C@H]([C@@](C)(O[SiH](C)C)C(C)(C)C)[C@H]2C1)NC(=O)OCC=C. The largest absolute Gasteiger partial charge is 0.477 e. The van der Waals surface area contributed by atoms with Crippen molar-refractivity contribution in [3.05, 3.63) is 36.6 Å². The highest BCUT2D eigenvalue weighted by Gasteiger charge is 2.64. The lowest BCUT2D eigenvalue weighted by Crippen LogP contribution is -2.70. The Balaban J connectivity index is 2.31. The molecule has 3 amide bonds. The van der Waals surface area contributed by atoms with Crippen LogP contribution in [0.4, 0.5) is 9.59 Å². The van der Waals surface area contributed by atoms with Crippen LogP contribution in [0.15, 0.2) is 36.6 Å². The van der Waals surface area contributed by atoms with Gasteiger partial charge in [-0.05, 0) is 43.8 Å². The Hall–Kier alpha value is -3.12. The summed E-state index contributed by atoms with van der Waals surface area (Å²) in [7, 11) is -1.55. The van der Waals surface area contributed by atoms with Crippen molar-refractivity contribution in [2.75, 3.05) is 19.8 Å². The van der Waals surface area contributed by atoms with Gasteiger partial charge in [0.1, 0.15) is 18.9 Å². The molecule has 2 aliphatic heterocycles. The number of carboxylic acids is 1. The van der Waals surface area contributed by atoms with Gasteiger partial charge < -0.3 is 34.5 Å². The molecule has 11 nitrogen and oxygen atoms in total. The van der Waals surface area contributed by atoms with Crippen LogP contribution in [0.3, 0.4) is 0 Å². The zero-order chi connectivity index (χ0) is 28.8. The third-order valence-corrected chi connectivity index (χ3v) is 7.95. The highest BCUT2D eigenvalue weighted by atomic mass is 28.3. The maximum atomic E-state index is 13.5. The first-order chi connectivity index (χ1) is 17.7. The molecular weight excluding hydrogens is 510 g/mol. The van der Waals surface area contributed by atoms with E-state index in [4.69, 9.17) is 13.9 Å². The van der Waals surface area contributed by atoms with E-state index in [9.17, 15) is 24.3 Å². The Bertz CT molecular complexity index is 989. The quantitative estimate of drug-likeness (QED) is 0.180. The van der Waals surface area contributed by atoms with Crippen LogP contribution in [-0.4, -0.2) is 80.6 Å². The summed E-state index contributed by atoms with van der Waals surface area (Å²) in [5, 5.41) is 15.3. The number of rotatable bonds is 13. The number of carbonyl (C=O) groups is 4. The molecule has 38 heavy (non-hydrogen) atoms. The molecule has 2 heterocycles. The first-order valence-corrected chi connectivity index (χ1v) is 15.5. The minimum atomic E-state index is -1.55. The van der Waals surface area contributed by atoms with Crippen LogP contribution >= 0.6 is 0 Å². The Morgan fingerprint density at radius 2 is 1.71 bits per heavy atom. The lowest BCUT2D eigenvalue weighted by molar-refractivity contribution is -0.180. The first-order valence-electron chi connectivity index (χ1n) is 12.7. The standard InChI is InChI=1S/C26H41N3O8Si/c1-9-11-35-23(33)27-15-17(28-24(34)36-12-10-2)13-16-14-18-19(21(30)29(18)20(16)22(31)32)26(6,25(3,4)5)37-38(7)8/h9-10,17-19,38H,1-2,11-15H2,3-8H3,(H,27,33)(H,28,34)(H,31,32)/t17?,18-,19-,26-/m1/s1. The predicted molar refractivity (Wildman–Crippen MR) is 144 cm³/mol. The molecule has 0 saturated carbocycles. The maximum Gasteiger partial charge on any atom is 0.407 e. The summed E-state index contributed by atoms with van der Waals surface area (Å²) in [6.07, 6.45) is 1.74. The van der Waals surface area contributed by atoms with E-state index in [-0.39, 0.29) is 49.2 Å². The fraction of sp³-hybridized carbons (Fsp3) is 0.615. The number of nitrogens with zero attached hydrogens (tertiary/aromatic N) is 1. The average molecular weight is 552 g/mol. The number of hydrogen-bond donors (Lipinski definition) is 3. The van der Waals surface area contributed by atoms with Crippen molar-refractivity contribution in [3.63, 3.8) is 0 Å². The van der Waals surface area contributed by atoms with Gasteiger partial charge in [-0.2, -0.15) is 0 Å². The van der Waals surface area contributed by atoms with Gasteiger partial charge in [0, 0.05) is 6.54 Å². The second-order valence-corrected chi connectivity index (χ2v) is 13.3. The number of ether oxygens (including phenoxy) is 2. The summed E-state index contributed by atoms with van der Waals surface area (Å²) >= 11 is 0. The van der Waals surface area contributed by atoms with E-state index in [1.54, 1.807) is 0 Å². The number of amides is 3. The monoisotopic (exact) mass is 551 g/mol.